The van der Waals surface area contributed by atoms with Crippen molar-refractivity contribution in [3.63, 3.8) is 0 Å². The third kappa shape index (κ3) is 2.42. The molecule has 2 atom stereocenters. The van der Waals surface area contributed by atoms with Gasteiger partial charge in [-0.3, -0.25) is 0 Å². The molecule has 0 aliphatic carbocycles. The molecular weight excluding hydrogens is 238 g/mol. The van der Waals surface area contributed by atoms with E-state index in [0.29, 0.717) is 6.61 Å². The molecule has 3 nitrogen and oxygen atoms in total. The van der Waals surface area contributed by atoms with Gasteiger partial charge in [-0.25, -0.2) is 0 Å². The van der Waals surface area contributed by atoms with Crippen molar-refractivity contribution in [2.24, 2.45) is 0 Å². The summed E-state index contributed by atoms with van der Waals surface area (Å²) in [4.78, 5) is 0. The Hall–Kier alpha value is -2.00. The molecule has 1 heterocycles. The number of benzene rings is 2. The minimum Gasteiger partial charge on any atom is -0.508 e. The summed E-state index contributed by atoms with van der Waals surface area (Å²) in [7, 11) is 0. The van der Waals surface area contributed by atoms with E-state index in [1.54, 1.807) is 12.1 Å². The Morgan fingerprint density at radius 3 is 2.79 bits per heavy atom. The van der Waals surface area contributed by atoms with Gasteiger partial charge in [-0.05, 0) is 24.6 Å². The summed E-state index contributed by atoms with van der Waals surface area (Å²) in [5.41, 5.74) is 2.37. The average Bonchev–Trinajstić information content (AvgIpc) is 2.82. The van der Waals surface area contributed by atoms with E-state index in [1.807, 2.05) is 24.3 Å². The molecule has 1 unspecified atom stereocenters. The van der Waals surface area contributed by atoms with E-state index in [1.165, 1.54) is 5.56 Å². The van der Waals surface area contributed by atoms with Crippen LogP contribution in [-0.2, 0) is 0 Å². The van der Waals surface area contributed by atoms with Crippen LogP contribution in [0.5, 0.6) is 11.5 Å². The first-order valence-electron chi connectivity index (χ1n) is 6.51. The lowest BCUT2D eigenvalue weighted by molar-refractivity contribution is 0.300. The molecule has 0 radical (unpaired) electrons. The van der Waals surface area contributed by atoms with Gasteiger partial charge in [-0.2, -0.15) is 0 Å². The Morgan fingerprint density at radius 2 is 2.00 bits per heavy atom. The highest BCUT2D eigenvalue weighted by Gasteiger charge is 2.25. The molecule has 0 saturated heterocycles. The molecule has 3 heteroatoms. The molecule has 0 aromatic heterocycles. The van der Waals surface area contributed by atoms with Gasteiger partial charge in [0.15, 0.2) is 0 Å². The van der Waals surface area contributed by atoms with Gasteiger partial charge in [0.2, 0.25) is 0 Å². The molecule has 0 saturated carbocycles. The van der Waals surface area contributed by atoms with E-state index < -0.39 is 0 Å². The number of ether oxygens (including phenoxy) is 1. The van der Waals surface area contributed by atoms with E-state index in [0.717, 1.165) is 11.3 Å². The van der Waals surface area contributed by atoms with Crippen molar-refractivity contribution in [1.82, 2.24) is 5.32 Å². The molecule has 0 bridgehead atoms. The van der Waals surface area contributed by atoms with Crippen molar-refractivity contribution in [3.8, 4) is 11.5 Å². The minimum absolute atomic E-state index is 0.172. The molecule has 98 valence electrons. The minimum atomic E-state index is 0.172. The zero-order chi connectivity index (χ0) is 13.2. The molecule has 2 N–H and O–H groups in total. The Morgan fingerprint density at radius 1 is 1.21 bits per heavy atom. The molecular formula is C16H17NO2. The van der Waals surface area contributed by atoms with Crippen LogP contribution in [0.1, 0.15) is 30.1 Å². The van der Waals surface area contributed by atoms with Crippen LogP contribution in [0.2, 0.25) is 0 Å². The first kappa shape index (κ1) is 12.1. The molecule has 0 amide bonds. The molecule has 3 rings (SSSR count). The van der Waals surface area contributed by atoms with Crippen molar-refractivity contribution in [3.05, 3.63) is 59.7 Å². The normalized spacial score (nSPS) is 18.7. The fraction of sp³-hybridized carbons (Fsp3) is 0.250. The van der Waals surface area contributed by atoms with Gasteiger partial charge < -0.3 is 15.2 Å². The zero-order valence-corrected chi connectivity index (χ0v) is 10.8. The maximum Gasteiger partial charge on any atom is 0.127 e. The maximum absolute atomic E-state index is 9.44. The number of phenolic OH excluding ortho intramolecular Hbond substituents is 1. The van der Waals surface area contributed by atoms with Crippen molar-refractivity contribution >= 4 is 0 Å². The molecule has 19 heavy (non-hydrogen) atoms. The monoisotopic (exact) mass is 255 g/mol. The predicted octanol–water partition coefficient (Wildman–Crippen LogP) is 3.18. The molecule has 0 fully saturated rings. The number of phenols is 1. The summed E-state index contributed by atoms with van der Waals surface area (Å²) in [5, 5.41) is 13.0. The zero-order valence-electron chi connectivity index (χ0n) is 10.8. The number of fused-ring (bicyclic) bond motifs is 1. The highest BCUT2D eigenvalue weighted by atomic mass is 16.5. The van der Waals surface area contributed by atoms with Crippen LogP contribution in [0.25, 0.3) is 0 Å². The molecule has 2 aromatic rings. The second-order valence-electron chi connectivity index (χ2n) is 4.88. The Labute approximate surface area is 112 Å². The fourth-order valence-corrected chi connectivity index (χ4v) is 2.48. The third-order valence-electron chi connectivity index (χ3n) is 3.53. The van der Waals surface area contributed by atoms with Crippen LogP contribution in [0.15, 0.2) is 48.5 Å². The number of nitrogens with one attached hydrogen (secondary N) is 1. The smallest absolute Gasteiger partial charge is 0.127 e. The lowest BCUT2D eigenvalue weighted by Gasteiger charge is -2.19. The fourth-order valence-electron chi connectivity index (χ4n) is 2.48. The predicted molar refractivity (Wildman–Crippen MR) is 74.3 cm³/mol. The van der Waals surface area contributed by atoms with E-state index in [2.05, 4.69) is 24.4 Å². The van der Waals surface area contributed by atoms with E-state index in [9.17, 15) is 5.11 Å². The highest BCUT2D eigenvalue weighted by Crippen LogP contribution is 2.36. The van der Waals surface area contributed by atoms with Gasteiger partial charge in [-0.1, -0.05) is 30.3 Å². The number of aromatic hydroxyl groups is 1. The first-order valence-corrected chi connectivity index (χ1v) is 6.51. The highest BCUT2D eigenvalue weighted by molar-refractivity contribution is 5.44. The Kier molecular flexibility index (Phi) is 3.13. The average molecular weight is 255 g/mol. The summed E-state index contributed by atoms with van der Waals surface area (Å²) in [6, 6.07) is 16.1. The second-order valence-corrected chi connectivity index (χ2v) is 4.88. The van der Waals surface area contributed by atoms with E-state index in [-0.39, 0.29) is 17.8 Å². The van der Waals surface area contributed by atoms with Crippen LogP contribution in [0, 0.1) is 0 Å². The van der Waals surface area contributed by atoms with Crippen molar-refractivity contribution in [2.45, 2.75) is 19.0 Å². The van der Waals surface area contributed by atoms with Crippen molar-refractivity contribution in [2.75, 3.05) is 6.61 Å². The number of hydrogen-bond donors (Lipinski definition) is 2. The quantitative estimate of drug-likeness (QED) is 0.885. The van der Waals surface area contributed by atoms with Gasteiger partial charge in [0.05, 0.1) is 6.04 Å². The summed E-state index contributed by atoms with van der Waals surface area (Å²) in [5.74, 6) is 1.02. The van der Waals surface area contributed by atoms with E-state index in [4.69, 9.17) is 4.74 Å². The van der Waals surface area contributed by atoms with Crippen molar-refractivity contribution in [1.29, 1.82) is 0 Å². The summed E-state index contributed by atoms with van der Waals surface area (Å²) >= 11 is 0. The van der Waals surface area contributed by atoms with Crippen molar-refractivity contribution < 1.29 is 9.84 Å². The lowest BCUT2D eigenvalue weighted by atomic mass is 10.0. The molecule has 1 aliphatic rings. The van der Waals surface area contributed by atoms with Crippen LogP contribution in [0.4, 0.5) is 0 Å². The number of rotatable bonds is 3. The van der Waals surface area contributed by atoms with E-state index >= 15 is 0 Å². The van der Waals surface area contributed by atoms with Gasteiger partial charge in [0, 0.05) is 17.7 Å². The van der Waals surface area contributed by atoms with Gasteiger partial charge in [-0.15, -0.1) is 0 Å². The molecule has 1 aliphatic heterocycles. The maximum atomic E-state index is 9.44. The largest absolute Gasteiger partial charge is 0.508 e. The standard InChI is InChI=1S/C16H17NO2/c1-11(12-5-3-2-4-6-12)17-15-10-19-16-9-13(18)7-8-14(15)16/h2-9,11,15,17-18H,10H2,1H3/t11-,15?/m0/s1. The van der Waals surface area contributed by atoms with Crippen LogP contribution >= 0.6 is 0 Å². The lowest BCUT2D eigenvalue weighted by Crippen LogP contribution is -2.25. The van der Waals surface area contributed by atoms with Crippen LogP contribution in [-0.4, -0.2) is 11.7 Å². The first-order chi connectivity index (χ1) is 9.24. The summed E-state index contributed by atoms with van der Waals surface area (Å²) in [6.45, 7) is 2.75. The molecule has 0 spiro atoms. The number of hydrogen-bond acceptors (Lipinski definition) is 3. The third-order valence-corrected chi connectivity index (χ3v) is 3.53. The SMILES string of the molecule is C[C@H](NC1COc2cc(O)ccc21)c1ccccc1. The Balaban J connectivity index is 1.76. The summed E-state index contributed by atoms with van der Waals surface area (Å²) < 4.78 is 5.61. The van der Waals surface area contributed by atoms with Crippen LogP contribution in [0.3, 0.4) is 0 Å². The van der Waals surface area contributed by atoms with Gasteiger partial charge in [0.25, 0.3) is 0 Å². The Bertz CT molecular complexity index is 568. The van der Waals surface area contributed by atoms with Gasteiger partial charge >= 0.3 is 0 Å². The second kappa shape index (κ2) is 4.94. The molecule has 2 aromatic carbocycles. The summed E-state index contributed by atoms with van der Waals surface area (Å²) in [6.07, 6.45) is 0. The van der Waals surface area contributed by atoms with Crippen LogP contribution < -0.4 is 10.1 Å². The topological polar surface area (TPSA) is 41.5 Å². The van der Waals surface area contributed by atoms with Gasteiger partial charge in [0.1, 0.15) is 18.1 Å².